The lowest BCUT2D eigenvalue weighted by Crippen LogP contribution is -2.26. The first-order valence-electron chi connectivity index (χ1n) is 4.99. The quantitative estimate of drug-likeness (QED) is 0.597. The summed E-state index contributed by atoms with van der Waals surface area (Å²) in [7, 11) is 0. The van der Waals surface area contributed by atoms with E-state index in [2.05, 4.69) is 9.97 Å². The van der Waals surface area contributed by atoms with Gasteiger partial charge in [0.1, 0.15) is 11.6 Å². The SMILES string of the molecule is CSc1ncc(C#N)c(N2CCC(F)(F)C2)n1. The summed E-state index contributed by atoms with van der Waals surface area (Å²) in [5.74, 6) is -2.39. The first-order valence-corrected chi connectivity index (χ1v) is 6.22. The van der Waals surface area contributed by atoms with Crippen LogP contribution in [0.4, 0.5) is 14.6 Å². The van der Waals surface area contributed by atoms with E-state index in [0.29, 0.717) is 11.0 Å². The van der Waals surface area contributed by atoms with Crippen molar-refractivity contribution >= 4 is 17.6 Å². The highest BCUT2D eigenvalue weighted by Crippen LogP contribution is 2.31. The van der Waals surface area contributed by atoms with Gasteiger partial charge >= 0.3 is 0 Å². The summed E-state index contributed by atoms with van der Waals surface area (Å²) in [6, 6.07) is 1.93. The highest BCUT2D eigenvalue weighted by molar-refractivity contribution is 7.98. The largest absolute Gasteiger partial charge is 0.349 e. The number of aromatic nitrogens is 2. The molecule has 0 amide bonds. The number of alkyl halides is 2. The molecule has 4 nitrogen and oxygen atoms in total. The van der Waals surface area contributed by atoms with Crippen molar-refractivity contribution in [1.29, 1.82) is 5.26 Å². The van der Waals surface area contributed by atoms with Gasteiger partial charge in [-0.25, -0.2) is 18.7 Å². The Balaban J connectivity index is 2.34. The van der Waals surface area contributed by atoms with Crippen LogP contribution in [0.25, 0.3) is 0 Å². The average Bonchev–Trinajstić information content (AvgIpc) is 2.68. The predicted molar refractivity (Wildman–Crippen MR) is 60.3 cm³/mol. The van der Waals surface area contributed by atoms with Gasteiger partial charge in [-0.1, -0.05) is 11.8 Å². The van der Waals surface area contributed by atoms with E-state index in [9.17, 15) is 8.78 Å². The Morgan fingerprint density at radius 1 is 1.59 bits per heavy atom. The molecule has 0 aliphatic carbocycles. The van der Waals surface area contributed by atoms with Gasteiger partial charge in [0.2, 0.25) is 0 Å². The van der Waals surface area contributed by atoms with Crippen molar-refractivity contribution in [2.24, 2.45) is 0 Å². The van der Waals surface area contributed by atoms with Crippen molar-refractivity contribution in [1.82, 2.24) is 9.97 Å². The summed E-state index contributed by atoms with van der Waals surface area (Å²) >= 11 is 1.32. The number of nitrogens with zero attached hydrogens (tertiary/aromatic N) is 4. The first kappa shape index (κ1) is 12.0. The molecule has 1 aromatic rings. The summed E-state index contributed by atoms with van der Waals surface area (Å²) in [6.45, 7) is -0.168. The summed E-state index contributed by atoms with van der Waals surface area (Å²) in [5.41, 5.74) is 0.237. The Labute approximate surface area is 102 Å². The molecule has 0 spiro atoms. The molecule has 1 aliphatic rings. The van der Waals surface area contributed by atoms with E-state index in [1.165, 1.54) is 22.9 Å². The number of anilines is 1. The smallest absolute Gasteiger partial charge is 0.266 e. The number of thioether (sulfide) groups is 1. The van der Waals surface area contributed by atoms with Gasteiger partial charge in [0, 0.05) is 13.0 Å². The highest BCUT2D eigenvalue weighted by Gasteiger charge is 2.39. The van der Waals surface area contributed by atoms with Crippen LogP contribution in [0.15, 0.2) is 11.4 Å². The Morgan fingerprint density at radius 3 is 2.88 bits per heavy atom. The maximum Gasteiger partial charge on any atom is 0.266 e. The van der Waals surface area contributed by atoms with Crippen LogP contribution in [0, 0.1) is 11.3 Å². The predicted octanol–water partition coefficient (Wildman–Crippen LogP) is 1.92. The van der Waals surface area contributed by atoms with Crippen molar-refractivity contribution in [2.75, 3.05) is 24.2 Å². The molecule has 0 aromatic carbocycles. The monoisotopic (exact) mass is 256 g/mol. The standard InChI is InChI=1S/C10H10F2N4S/c1-17-9-14-5-7(4-13)8(15-9)16-3-2-10(11,12)6-16/h5H,2-3,6H2,1H3. The van der Waals surface area contributed by atoms with Crippen LogP contribution < -0.4 is 4.90 Å². The average molecular weight is 256 g/mol. The molecule has 0 radical (unpaired) electrons. The lowest BCUT2D eigenvalue weighted by molar-refractivity contribution is 0.0256. The number of halogens is 2. The maximum atomic E-state index is 13.1. The van der Waals surface area contributed by atoms with Crippen LogP contribution >= 0.6 is 11.8 Å². The van der Waals surface area contributed by atoms with E-state index in [0.717, 1.165) is 0 Å². The van der Waals surface area contributed by atoms with Gasteiger partial charge in [0.05, 0.1) is 12.7 Å². The molecule has 1 saturated heterocycles. The van der Waals surface area contributed by atoms with Gasteiger partial charge in [-0.05, 0) is 6.26 Å². The number of hydrogen-bond acceptors (Lipinski definition) is 5. The molecule has 0 unspecified atom stereocenters. The maximum absolute atomic E-state index is 13.1. The van der Waals surface area contributed by atoms with Crippen molar-refractivity contribution in [3.8, 4) is 6.07 Å². The van der Waals surface area contributed by atoms with Gasteiger partial charge in [0.25, 0.3) is 5.92 Å². The van der Waals surface area contributed by atoms with Gasteiger partial charge in [0.15, 0.2) is 11.0 Å². The zero-order chi connectivity index (χ0) is 12.5. The third-order valence-corrected chi connectivity index (χ3v) is 3.08. The fraction of sp³-hybridized carbons (Fsp3) is 0.500. The summed E-state index contributed by atoms with van der Waals surface area (Å²) in [4.78, 5) is 9.53. The minimum absolute atomic E-state index is 0.198. The molecular formula is C10H10F2N4S. The first-order chi connectivity index (χ1) is 8.05. The Kier molecular flexibility index (Phi) is 3.15. The van der Waals surface area contributed by atoms with E-state index in [1.54, 1.807) is 6.26 Å². The van der Waals surface area contributed by atoms with Gasteiger partial charge in [-0.3, -0.25) is 0 Å². The van der Waals surface area contributed by atoms with Gasteiger partial charge in [-0.2, -0.15) is 5.26 Å². The Morgan fingerprint density at radius 2 is 2.35 bits per heavy atom. The molecule has 0 bridgehead atoms. The molecule has 0 atom stereocenters. The minimum atomic E-state index is -2.70. The van der Waals surface area contributed by atoms with Crippen LogP contribution in [0.5, 0.6) is 0 Å². The van der Waals surface area contributed by atoms with Crippen LogP contribution in [0.1, 0.15) is 12.0 Å². The van der Waals surface area contributed by atoms with E-state index in [1.807, 2.05) is 6.07 Å². The van der Waals surface area contributed by atoms with Crippen molar-refractivity contribution in [2.45, 2.75) is 17.5 Å². The van der Waals surface area contributed by atoms with Crippen LogP contribution in [0.3, 0.4) is 0 Å². The molecule has 90 valence electrons. The third-order valence-electron chi connectivity index (χ3n) is 2.52. The molecule has 0 saturated carbocycles. The van der Waals surface area contributed by atoms with Gasteiger partial charge < -0.3 is 4.90 Å². The van der Waals surface area contributed by atoms with Crippen LogP contribution in [0.2, 0.25) is 0 Å². The fourth-order valence-electron chi connectivity index (χ4n) is 1.69. The zero-order valence-electron chi connectivity index (χ0n) is 9.15. The molecule has 2 rings (SSSR count). The van der Waals surface area contributed by atoms with E-state index in [4.69, 9.17) is 5.26 Å². The molecule has 7 heteroatoms. The lowest BCUT2D eigenvalue weighted by atomic mass is 10.3. The summed E-state index contributed by atoms with van der Waals surface area (Å²) in [6.07, 6.45) is 2.98. The third kappa shape index (κ3) is 2.47. The molecule has 1 fully saturated rings. The van der Waals surface area contributed by atoms with Crippen LogP contribution in [-0.4, -0.2) is 35.2 Å². The summed E-state index contributed by atoms with van der Waals surface area (Å²) in [5, 5.41) is 9.40. The van der Waals surface area contributed by atoms with Crippen molar-refractivity contribution in [3.05, 3.63) is 11.8 Å². The number of nitriles is 1. The molecule has 0 N–H and O–H groups in total. The Bertz CT molecular complexity index is 472. The molecule has 2 heterocycles. The van der Waals surface area contributed by atoms with E-state index in [-0.39, 0.29) is 25.1 Å². The minimum Gasteiger partial charge on any atom is -0.349 e. The van der Waals surface area contributed by atoms with E-state index < -0.39 is 5.92 Å². The lowest BCUT2D eigenvalue weighted by Gasteiger charge is -2.18. The molecule has 17 heavy (non-hydrogen) atoms. The summed E-state index contributed by atoms with van der Waals surface area (Å²) < 4.78 is 26.3. The second kappa shape index (κ2) is 4.45. The Hall–Kier alpha value is -1.42. The molecule has 1 aromatic heterocycles. The number of rotatable bonds is 2. The zero-order valence-corrected chi connectivity index (χ0v) is 9.97. The van der Waals surface area contributed by atoms with Crippen LogP contribution in [-0.2, 0) is 0 Å². The topological polar surface area (TPSA) is 52.8 Å². The molecule has 1 aliphatic heterocycles. The second-order valence-electron chi connectivity index (χ2n) is 3.73. The molecular weight excluding hydrogens is 246 g/mol. The van der Waals surface area contributed by atoms with Crippen molar-refractivity contribution in [3.63, 3.8) is 0 Å². The van der Waals surface area contributed by atoms with Gasteiger partial charge in [-0.15, -0.1) is 0 Å². The van der Waals surface area contributed by atoms with E-state index >= 15 is 0 Å². The second-order valence-corrected chi connectivity index (χ2v) is 4.51. The normalized spacial score (nSPS) is 18.1. The highest BCUT2D eigenvalue weighted by atomic mass is 32.2. The number of hydrogen-bond donors (Lipinski definition) is 0. The van der Waals surface area contributed by atoms with Crippen molar-refractivity contribution < 1.29 is 8.78 Å². The fourth-order valence-corrected chi connectivity index (χ4v) is 2.03.